The van der Waals surface area contributed by atoms with E-state index in [1.165, 1.54) is 18.9 Å². The molecule has 1 rings (SSSR count). The zero-order valence-electron chi connectivity index (χ0n) is 7.74. The highest BCUT2D eigenvalue weighted by atomic mass is 35.5. The summed E-state index contributed by atoms with van der Waals surface area (Å²) in [6, 6.07) is 0. The molecule has 0 saturated carbocycles. The zero-order valence-corrected chi connectivity index (χ0v) is 10.1. The van der Waals surface area contributed by atoms with Gasteiger partial charge in [0, 0.05) is 5.75 Å². The van der Waals surface area contributed by atoms with E-state index < -0.39 is 0 Å². The summed E-state index contributed by atoms with van der Waals surface area (Å²) in [6.45, 7) is 0. The van der Waals surface area contributed by atoms with Crippen molar-refractivity contribution >= 4 is 40.9 Å². The van der Waals surface area contributed by atoms with Crippen molar-refractivity contribution in [2.24, 2.45) is 0 Å². The zero-order chi connectivity index (χ0) is 11.3. The van der Waals surface area contributed by atoms with E-state index in [2.05, 4.69) is 19.9 Å². The van der Waals surface area contributed by atoms with Gasteiger partial charge < -0.3 is 4.74 Å². The quantitative estimate of drug-likeness (QED) is 0.613. The number of methoxy groups -OCH3 is 1. The van der Waals surface area contributed by atoms with Gasteiger partial charge >= 0.3 is 5.97 Å². The first kappa shape index (κ1) is 12.5. The molecule has 0 atom stereocenters. The van der Waals surface area contributed by atoms with Crippen LogP contribution in [0, 0.1) is 0 Å². The van der Waals surface area contributed by atoms with Crippen molar-refractivity contribution in [1.29, 1.82) is 0 Å². The van der Waals surface area contributed by atoms with Gasteiger partial charge in [0.25, 0.3) is 0 Å². The number of nitrogens with zero attached hydrogens (tertiary/aromatic N) is 3. The molecule has 0 saturated heterocycles. The summed E-state index contributed by atoms with van der Waals surface area (Å²) >= 11 is 12.5. The molecule has 0 unspecified atom stereocenters. The van der Waals surface area contributed by atoms with E-state index in [4.69, 9.17) is 23.2 Å². The van der Waals surface area contributed by atoms with Crippen LogP contribution < -0.4 is 0 Å². The van der Waals surface area contributed by atoms with Gasteiger partial charge in [0.05, 0.1) is 13.5 Å². The van der Waals surface area contributed by atoms with Gasteiger partial charge in [-0.3, -0.25) is 4.79 Å². The van der Waals surface area contributed by atoms with Crippen molar-refractivity contribution in [3.8, 4) is 0 Å². The van der Waals surface area contributed by atoms with Gasteiger partial charge in [0.15, 0.2) is 5.15 Å². The fourth-order valence-corrected chi connectivity index (χ4v) is 1.89. The minimum absolute atomic E-state index is 0.0277. The van der Waals surface area contributed by atoms with E-state index in [0.717, 1.165) is 0 Å². The molecule has 5 nitrogen and oxygen atoms in total. The summed E-state index contributed by atoms with van der Waals surface area (Å²) in [7, 11) is 1.34. The van der Waals surface area contributed by atoms with Gasteiger partial charge in [-0.1, -0.05) is 11.6 Å². The maximum Gasteiger partial charge on any atom is 0.306 e. The van der Waals surface area contributed by atoms with E-state index in [9.17, 15) is 4.79 Å². The van der Waals surface area contributed by atoms with Gasteiger partial charge in [-0.15, -0.1) is 22.0 Å². The number of aromatic nitrogens is 3. The van der Waals surface area contributed by atoms with Crippen molar-refractivity contribution in [1.82, 2.24) is 15.2 Å². The summed E-state index contributed by atoms with van der Waals surface area (Å²) in [6.07, 6.45) is 0.277. The molecule has 0 aliphatic rings. The van der Waals surface area contributed by atoms with Gasteiger partial charge in [-0.25, -0.2) is 4.98 Å². The van der Waals surface area contributed by atoms with E-state index in [-0.39, 0.29) is 22.8 Å². The maximum atomic E-state index is 10.8. The first-order valence-electron chi connectivity index (χ1n) is 3.89. The summed E-state index contributed by atoms with van der Waals surface area (Å²) in [4.78, 5) is 14.7. The Morgan fingerprint density at radius 1 is 1.47 bits per heavy atom. The highest BCUT2D eigenvalue weighted by molar-refractivity contribution is 7.99. The Hall–Kier alpha value is -0.590. The van der Waals surface area contributed by atoms with Gasteiger partial charge in [-0.2, -0.15) is 0 Å². The number of halogens is 2. The first-order chi connectivity index (χ1) is 7.13. The third kappa shape index (κ3) is 4.19. The van der Waals surface area contributed by atoms with Crippen molar-refractivity contribution in [3.05, 3.63) is 10.4 Å². The van der Waals surface area contributed by atoms with E-state index in [1.54, 1.807) is 0 Å². The fourth-order valence-electron chi connectivity index (χ4n) is 0.705. The smallest absolute Gasteiger partial charge is 0.306 e. The van der Waals surface area contributed by atoms with E-state index in [1.807, 2.05) is 0 Å². The molecule has 82 valence electrons. The van der Waals surface area contributed by atoms with Crippen LogP contribution in [-0.4, -0.2) is 34.0 Å². The maximum absolute atomic E-state index is 10.8. The predicted molar refractivity (Wildman–Crippen MR) is 57.2 cm³/mol. The van der Waals surface area contributed by atoms with Crippen LogP contribution in [0.3, 0.4) is 0 Å². The molecule has 0 aromatic carbocycles. The van der Waals surface area contributed by atoms with Crippen molar-refractivity contribution < 1.29 is 9.53 Å². The lowest BCUT2D eigenvalue weighted by Crippen LogP contribution is -2.01. The molecule has 0 amide bonds. The molecule has 0 aliphatic carbocycles. The largest absolute Gasteiger partial charge is 0.469 e. The molecule has 8 heteroatoms. The summed E-state index contributed by atoms with van der Waals surface area (Å²) in [5.74, 6) is 0.216. The standard InChI is InChI=1S/C7H7Cl2N3O2S/c1-14-4(13)2-3-15-6-5(8)11-12-7(9)10-6/h2-3H2,1H3. The number of ether oxygens (including phenoxy) is 1. The van der Waals surface area contributed by atoms with Gasteiger partial charge in [0.1, 0.15) is 5.03 Å². The van der Waals surface area contributed by atoms with Crippen molar-refractivity contribution in [2.75, 3.05) is 12.9 Å². The van der Waals surface area contributed by atoms with Crippen molar-refractivity contribution in [2.45, 2.75) is 11.4 Å². The molecule has 15 heavy (non-hydrogen) atoms. The lowest BCUT2D eigenvalue weighted by Gasteiger charge is -2.01. The monoisotopic (exact) mass is 267 g/mol. The highest BCUT2D eigenvalue weighted by Gasteiger charge is 2.08. The Labute approximate surface area is 101 Å². The molecular weight excluding hydrogens is 261 g/mol. The average molecular weight is 268 g/mol. The van der Waals surface area contributed by atoms with Gasteiger partial charge in [0.2, 0.25) is 5.28 Å². The number of carbonyl (C=O) groups is 1. The summed E-state index contributed by atoms with van der Waals surface area (Å²) in [5, 5.41) is 7.71. The molecular formula is C7H7Cl2N3O2S. The molecule has 0 bridgehead atoms. The number of carbonyl (C=O) groups excluding carboxylic acids is 1. The van der Waals surface area contributed by atoms with Crippen LogP contribution in [0.1, 0.15) is 6.42 Å². The Kier molecular flexibility index (Phi) is 5.07. The van der Waals surface area contributed by atoms with Gasteiger partial charge in [-0.05, 0) is 11.6 Å². The van der Waals surface area contributed by atoms with Crippen LogP contribution in [0.25, 0.3) is 0 Å². The number of hydrogen-bond donors (Lipinski definition) is 0. The summed E-state index contributed by atoms with van der Waals surface area (Å²) < 4.78 is 4.48. The predicted octanol–water partition coefficient (Wildman–Crippen LogP) is 1.83. The minimum atomic E-state index is -0.285. The number of esters is 1. The normalized spacial score (nSPS) is 10.1. The molecule has 1 aromatic heterocycles. The second kappa shape index (κ2) is 6.09. The molecule has 0 fully saturated rings. The molecule has 1 aromatic rings. The second-order valence-electron chi connectivity index (χ2n) is 2.35. The molecule has 0 N–H and O–H groups in total. The Morgan fingerprint density at radius 2 is 2.20 bits per heavy atom. The van der Waals surface area contributed by atoms with Crippen LogP contribution in [0.15, 0.2) is 5.03 Å². The van der Waals surface area contributed by atoms with Crippen molar-refractivity contribution in [3.63, 3.8) is 0 Å². The first-order valence-corrected chi connectivity index (χ1v) is 5.63. The third-order valence-corrected chi connectivity index (χ3v) is 2.86. The second-order valence-corrected chi connectivity index (χ2v) is 4.13. The average Bonchev–Trinajstić information content (AvgIpc) is 2.23. The number of hydrogen-bond acceptors (Lipinski definition) is 6. The summed E-state index contributed by atoms with van der Waals surface area (Å²) in [5.41, 5.74) is 0. The molecule has 0 aliphatic heterocycles. The van der Waals surface area contributed by atoms with Crippen LogP contribution in [0.5, 0.6) is 0 Å². The number of thioether (sulfide) groups is 1. The van der Waals surface area contributed by atoms with E-state index in [0.29, 0.717) is 10.8 Å². The SMILES string of the molecule is COC(=O)CCSc1nc(Cl)nnc1Cl. The lowest BCUT2D eigenvalue weighted by atomic mass is 10.5. The molecule has 0 spiro atoms. The Morgan fingerprint density at radius 3 is 2.87 bits per heavy atom. The fraction of sp³-hybridized carbons (Fsp3) is 0.429. The minimum Gasteiger partial charge on any atom is -0.469 e. The third-order valence-electron chi connectivity index (χ3n) is 1.36. The Balaban J connectivity index is 2.50. The Bertz CT molecular complexity index is 364. The van der Waals surface area contributed by atoms with Crippen LogP contribution in [0.4, 0.5) is 0 Å². The molecule has 1 heterocycles. The van der Waals surface area contributed by atoms with Crippen LogP contribution in [0.2, 0.25) is 10.4 Å². The topological polar surface area (TPSA) is 65.0 Å². The highest BCUT2D eigenvalue weighted by Crippen LogP contribution is 2.23. The van der Waals surface area contributed by atoms with E-state index >= 15 is 0 Å². The van der Waals surface area contributed by atoms with Crippen LogP contribution in [-0.2, 0) is 9.53 Å². The molecule has 0 radical (unpaired) electrons. The van der Waals surface area contributed by atoms with Crippen LogP contribution >= 0.6 is 35.0 Å². The lowest BCUT2D eigenvalue weighted by molar-refractivity contribution is -0.140. The number of rotatable bonds is 4.